The second kappa shape index (κ2) is 5.23. The largest absolute Gasteiger partial charge is 0.501 e. The van der Waals surface area contributed by atoms with Crippen LogP contribution in [0.5, 0.6) is 11.5 Å². The lowest BCUT2D eigenvalue weighted by molar-refractivity contribution is 0.373. The molecule has 0 aliphatic carbocycles. The zero-order valence-electron chi connectivity index (χ0n) is 9.42. The van der Waals surface area contributed by atoms with Gasteiger partial charge in [0.05, 0.1) is 0 Å². The van der Waals surface area contributed by atoms with Crippen molar-refractivity contribution in [2.75, 3.05) is 0 Å². The van der Waals surface area contributed by atoms with Gasteiger partial charge in [-0.15, -0.1) is 8.42 Å². The highest BCUT2D eigenvalue weighted by Gasteiger charge is 2.19. The first kappa shape index (κ1) is 13.3. The van der Waals surface area contributed by atoms with E-state index >= 15 is 0 Å². The lowest BCUT2D eigenvalue weighted by Crippen LogP contribution is -2.17. The molecule has 0 heterocycles. The van der Waals surface area contributed by atoms with Crippen LogP contribution in [0.3, 0.4) is 0 Å². The molecule has 7 heteroatoms. The predicted molar refractivity (Wildman–Crippen MR) is 63.0 cm³/mol. The van der Waals surface area contributed by atoms with Crippen LogP contribution >= 0.6 is 0 Å². The van der Waals surface area contributed by atoms with Crippen molar-refractivity contribution < 1.29 is 25.6 Å². The van der Waals surface area contributed by atoms with Crippen LogP contribution in [0.25, 0.3) is 0 Å². The van der Waals surface area contributed by atoms with Crippen LogP contribution in [0.15, 0.2) is 48.5 Å². The SMILES string of the molecule is O=S(=O)(Oc1ccccc1F)Oc1ccccc1F. The minimum Gasteiger partial charge on any atom is -0.350 e. The number of rotatable bonds is 4. The smallest absolute Gasteiger partial charge is 0.350 e. The van der Waals surface area contributed by atoms with E-state index in [1.807, 2.05) is 0 Å². The molecular weight excluding hydrogens is 278 g/mol. The van der Waals surface area contributed by atoms with Crippen molar-refractivity contribution in [1.29, 1.82) is 0 Å². The first-order valence-electron chi connectivity index (χ1n) is 5.11. The lowest BCUT2D eigenvalue weighted by atomic mass is 10.3. The fraction of sp³-hybridized carbons (Fsp3) is 0. The van der Waals surface area contributed by atoms with E-state index in [-0.39, 0.29) is 0 Å². The third-order valence-electron chi connectivity index (χ3n) is 2.06. The summed E-state index contributed by atoms with van der Waals surface area (Å²) in [6, 6.07) is 9.77. The molecule has 0 aliphatic rings. The molecule has 0 atom stereocenters. The van der Waals surface area contributed by atoms with E-state index in [0.717, 1.165) is 24.3 Å². The van der Waals surface area contributed by atoms with Gasteiger partial charge in [0.2, 0.25) is 0 Å². The number of hydrogen-bond acceptors (Lipinski definition) is 4. The average Bonchev–Trinajstić information content (AvgIpc) is 2.35. The Morgan fingerprint density at radius 1 is 0.737 bits per heavy atom. The van der Waals surface area contributed by atoms with E-state index in [4.69, 9.17) is 0 Å². The number of hydrogen-bond donors (Lipinski definition) is 0. The molecule has 0 spiro atoms. The molecule has 0 saturated heterocycles. The molecule has 0 aliphatic heterocycles. The summed E-state index contributed by atoms with van der Waals surface area (Å²) in [5, 5.41) is 0. The summed E-state index contributed by atoms with van der Waals surface area (Å²) in [7, 11) is -4.61. The van der Waals surface area contributed by atoms with Gasteiger partial charge in [-0.05, 0) is 24.3 Å². The number of halogens is 2. The zero-order valence-corrected chi connectivity index (χ0v) is 10.2. The standard InChI is InChI=1S/C12H8F2O4S/c13-9-5-1-3-7-11(9)17-19(15,16)18-12-8-4-2-6-10(12)14/h1-8H. The van der Waals surface area contributed by atoms with Crippen LogP contribution in [0.4, 0.5) is 8.78 Å². The van der Waals surface area contributed by atoms with Gasteiger partial charge in [-0.25, -0.2) is 8.78 Å². The minimum absolute atomic E-state index is 0.529. The van der Waals surface area contributed by atoms with Gasteiger partial charge in [-0.2, -0.15) is 0 Å². The highest BCUT2D eigenvalue weighted by molar-refractivity contribution is 7.82. The maximum atomic E-state index is 13.2. The Hall–Kier alpha value is -2.15. The van der Waals surface area contributed by atoms with Crippen molar-refractivity contribution >= 4 is 10.4 Å². The summed E-state index contributed by atoms with van der Waals surface area (Å²) in [5.41, 5.74) is 0. The van der Waals surface area contributed by atoms with E-state index in [1.54, 1.807) is 0 Å². The highest BCUT2D eigenvalue weighted by Crippen LogP contribution is 2.21. The third-order valence-corrected chi connectivity index (χ3v) is 2.82. The zero-order chi connectivity index (χ0) is 13.9. The number of para-hydroxylation sites is 2. The predicted octanol–water partition coefficient (Wildman–Crippen LogP) is 2.67. The Morgan fingerprint density at radius 2 is 1.11 bits per heavy atom. The van der Waals surface area contributed by atoms with Crippen LogP contribution in [0.1, 0.15) is 0 Å². The van der Waals surface area contributed by atoms with Gasteiger partial charge in [-0.1, -0.05) is 24.3 Å². The molecular formula is C12H8F2O4S. The summed E-state index contributed by atoms with van der Waals surface area (Å²) >= 11 is 0. The normalized spacial score (nSPS) is 11.1. The molecule has 0 aromatic heterocycles. The second-order valence-corrected chi connectivity index (χ2v) is 4.59. The topological polar surface area (TPSA) is 52.6 Å². The monoisotopic (exact) mass is 286 g/mol. The fourth-order valence-corrected chi connectivity index (χ4v) is 2.01. The van der Waals surface area contributed by atoms with Crippen molar-refractivity contribution in [1.82, 2.24) is 0 Å². The van der Waals surface area contributed by atoms with Gasteiger partial charge in [-0.3, -0.25) is 0 Å². The molecule has 4 nitrogen and oxygen atoms in total. The van der Waals surface area contributed by atoms with Crippen molar-refractivity contribution in [3.63, 3.8) is 0 Å². The van der Waals surface area contributed by atoms with E-state index in [2.05, 4.69) is 8.37 Å². The molecule has 2 rings (SSSR count). The summed E-state index contributed by atoms with van der Waals surface area (Å²) < 4.78 is 58.2. The van der Waals surface area contributed by atoms with Gasteiger partial charge in [0.1, 0.15) is 0 Å². The quantitative estimate of drug-likeness (QED) is 0.867. The van der Waals surface area contributed by atoms with Crippen LogP contribution in [-0.2, 0) is 10.4 Å². The minimum atomic E-state index is -4.61. The van der Waals surface area contributed by atoms with Crippen molar-refractivity contribution in [3.05, 3.63) is 60.2 Å². The van der Waals surface area contributed by atoms with Crippen molar-refractivity contribution in [2.24, 2.45) is 0 Å². The van der Waals surface area contributed by atoms with E-state index in [0.29, 0.717) is 0 Å². The van der Waals surface area contributed by atoms with Crippen LogP contribution in [0.2, 0.25) is 0 Å². The van der Waals surface area contributed by atoms with Crippen molar-refractivity contribution in [3.8, 4) is 11.5 Å². The Labute approximate surface area is 108 Å². The molecule has 100 valence electrons. The molecule has 0 saturated carbocycles. The molecule has 0 unspecified atom stereocenters. The van der Waals surface area contributed by atoms with Crippen LogP contribution in [0, 0.1) is 11.6 Å². The summed E-state index contributed by atoms with van der Waals surface area (Å²) in [6.07, 6.45) is 0. The van der Waals surface area contributed by atoms with Gasteiger partial charge in [0.25, 0.3) is 0 Å². The second-order valence-electron chi connectivity index (χ2n) is 3.44. The third kappa shape index (κ3) is 3.41. The summed E-state index contributed by atoms with van der Waals surface area (Å²) in [6.45, 7) is 0. The maximum absolute atomic E-state index is 13.2. The summed E-state index contributed by atoms with van der Waals surface area (Å²) in [4.78, 5) is 0. The molecule has 2 aromatic rings. The Balaban J connectivity index is 2.21. The average molecular weight is 286 g/mol. The van der Waals surface area contributed by atoms with Crippen molar-refractivity contribution in [2.45, 2.75) is 0 Å². The first-order valence-corrected chi connectivity index (χ1v) is 6.44. The van der Waals surface area contributed by atoms with E-state index in [9.17, 15) is 17.2 Å². The Morgan fingerprint density at radius 3 is 1.47 bits per heavy atom. The molecule has 19 heavy (non-hydrogen) atoms. The maximum Gasteiger partial charge on any atom is 0.501 e. The van der Waals surface area contributed by atoms with Crippen LogP contribution < -0.4 is 8.37 Å². The van der Waals surface area contributed by atoms with Gasteiger partial charge in [0.15, 0.2) is 23.1 Å². The first-order chi connectivity index (χ1) is 8.98. The van der Waals surface area contributed by atoms with E-state index in [1.165, 1.54) is 24.3 Å². The lowest BCUT2D eigenvalue weighted by Gasteiger charge is -2.08. The molecule has 0 radical (unpaired) electrons. The van der Waals surface area contributed by atoms with Gasteiger partial charge < -0.3 is 8.37 Å². The summed E-state index contributed by atoms with van der Waals surface area (Å²) in [5.74, 6) is -2.80. The molecule has 2 aromatic carbocycles. The Bertz CT molecular complexity index is 632. The highest BCUT2D eigenvalue weighted by atomic mass is 32.3. The molecule has 0 bridgehead atoms. The number of benzene rings is 2. The van der Waals surface area contributed by atoms with Gasteiger partial charge >= 0.3 is 10.4 Å². The molecule has 0 N–H and O–H groups in total. The van der Waals surface area contributed by atoms with E-state index < -0.39 is 33.5 Å². The Kier molecular flexibility index (Phi) is 3.66. The molecule has 0 fully saturated rings. The van der Waals surface area contributed by atoms with Gasteiger partial charge in [0, 0.05) is 0 Å². The molecule has 0 amide bonds. The fourth-order valence-electron chi connectivity index (χ4n) is 1.26. The van der Waals surface area contributed by atoms with Crippen LogP contribution in [-0.4, -0.2) is 8.42 Å².